The van der Waals surface area contributed by atoms with Gasteiger partial charge in [-0.15, -0.1) is 0 Å². The Morgan fingerprint density at radius 2 is 1.89 bits per heavy atom. The van der Waals surface area contributed by atoms with Crippen molar-refractivity contribution in [1.29, 1.82) is 0 Å². The number of halogens is 1. The van der Waals surface area contributed by atoms with E-state index in [-0.39, 0.29) is 11.9 Å². The fourth-order valence-electron chi connectivity index (χ4n) is 1.73. The lowest BCUT2D eigenvalue weighted by Gasteiger charge is -2.11. The van der Waals surface area contributed by atoms with Crippen LogP contribution in [0, 0.1) is 5.82 Å². The fraction of sp³-hybridized carbons (Fsp3) is 0.267. The van der Waals surface area contributed by atoms with Crippen molar-refractivity contribution >= 4 is 0 Å². The van der Waals surface area contributed by atoms with Gasteiger partial charge in [-0.3, -0.25) is 4.98 Å². The van der Waals surface area contributed by atoms with Gasteiger partial charge in [0, 0.05) is 23.9 Å². The number of rotatable bonds is 4. The normalized spacial score (nSPS) is 10.6. The highest BCUT2D eigenvalue weighted by atomic mass is 19.1. The summed E-state index contributed by atoms with van der Waals surface area (Å²) in [4.78, 5) is 4.17. The zero-order chi connectivity index (χ0) is 13.8. The molecular weight excluding hydrogens is 245 g/mol. The molecule has 0 aliphatic rings. The minimum absolute atomic E-state index is 0.0657. The summed E-state index contributed by atoms with van der Waals surface area (Å²) in [7, 11) is 1.50. The van der Waals surface area contributed by atoms with Gasteiger partial charge in [0.1, 0.15) is 17.3 Å². The van der Waals surface area contributed by atoms with Crippen LogP contribution < -0.4 is 9.47 Å². The lowest BCUT2D eigenvalue weighted by atomic mass is 10.1. The number of hydrogen-bond donors (Lipinski definition) is 0. The van der Waals surface area contributed by atoms with E-state index >= 15 is 0 Å². The summed E-state index contributed by atoms with van der Waals surface area (Å²) >= 11 is 0. The monoisotopic (exact) mass is 261 g/mol. The highest BCUT2D eigenvalue weighted by Crippen LogP contribution is 2.27. The summed E-state index contributed by atoms with van der Waals surface area (Å²) in [6, 6.07) is 8.18. The third kappa shape index (κ3) is 3.22. The predicted molar refractivity (Wildman–Crippen MR) is 71.9 cm³/mol. The van der Waals surface area contributed by atoms with Gasteiger partial charge in [-0.1, -0.05) is 0 Å². The Labute approximate surface area is 112 Å². The number of ether oxygens (including phenoxy) is 2. The number of aromatic nitrogens is 1. The maximum Gasteiger partial charge on any atom is 0.136 e. The second kappa shape index (κ2) is 5.69. The van der Waals surface area contributed by atoms with Crippen LogP contribution in [0.3, 0.4) is 0 Å². The molecule has 1 heterocycles. The van der Waals surface area contributed by atoms with Crippen LogP contribution >= 0.6 is 0 Å². The molecule has 0 amide bonds. The molecular formula is C15H16FNO2. The molecule has 0 spiro atoms. The molecule has 2 aromatic rings. The molecule has 0 aliphatic carbocycles. The maximum atomic E-state index is 14.0. The lowest BCUT2D eigenvalue weighted by Crippen LogP contribution is -2.05. The van der Waals surface area contributed by atoms with Crippen LogP contribution in [0.2, 0.25) is 0 Å². The third-order valence-corrected chi connectivity index (χ3v) is 2.56. The standard InChI is InChI=1S/C15H16FNO2/c1-10(2)19-12-6-7-17-15(9-12)13-5-4-11(18-3)8-14(13)16/h4-10H,1-3H3. The van der Waals surface area contributed by atoms with Crippen molar-refractivity contribution in [3.05, 3.63) is 42.3 Å². The molecule has 0 N–H and O–H groups in total. The first-order valence-electron chi connectivity index (χ1n) is 6.07. The van der Waals surface area contributed by atoms with Gasteiger partial charge in [0.25, 0.3) is 0 Å². The Hall–Kier alpha value is -2.10. The first-order chi connectivity index (χ1) is 9.10. The first-order valence-corrected chi connectivity index (χ1v) is 6.07. The van der Waals surface area contributed by atoms with E-state index in [0.717, 1.165) is 0 Å². The topological polar surface area (TPSA) is 31.4 Å². The van der Waals surface area contributed by atoms with E-state index in [1.807, 2.05) is 13.8 Å². The lowest BCUT2D eigenvalue weighted by molar-refractivity contribution is 0.242. The Morgan fingerprint density at radius 3 is 2.53 bits per heavy atom. The zero-order valence-electron chi connectivity index (χ0n) is 11.2. The summed E-state index contributed by atoms with van der Waals surface area (Å²) in [6.07, 6.45) is 1.67. The summed E-state index contributed by atoms with van der Waals surface area (Å²) in [6.45, 7) is 3.88. The van der Waals surface area contributed by atoms with Crippen molar-refractivity contribution in [2.24, 2.45) is 0 Å². The van der Waals surface area contributed by atoms with Crippen molar-refractivity contribution in [3.8, 4) is 22.8 Å². The van der Waals surface area contributed by atoms with Crippen LogP contribution in [0.1, 0.15) is 13.8 Å². The van der Waals surface area contributed by atoms with Crippen LogP contribution in [0.4, 0.5) is 4.39 Å². The molecule has 2 rings (SSSR count). The van der Waals surface area contributed by atoms with Gasteiger partial charge in [0.15, 0.2) is 0 Å². The van der Waals surface area contributed by atoms with Crippen LogP contribution in [0.5, 0.6) is 11.5 Å². The van der Waals surface area contributed by atoms with E-state index in [0.29, 0.717) is 22.8 Å². The molecule has 0 fully saturated rings. The molecule has 0 saturated heterocycles. The Morgan fingerprint density at radius 1 is 1.11 bits per heavy atom. The minimum Gasteiger partial charge on any atom is -0.497 e. The van der Waals surface area contributed by atoms with Gasteiger partial charge in [0.05, 0.1) is 18.9 Å². The number of hydrogen-bond acceptors (Lipinski definition) is 3. The first kappa shape index (κ1) is 13.3. The average Bonchev–Trinajstić information content (AvgIpc) is 2.38. The second-order valence-electron chi connectivity index (χ2n) is 4.39. The SMILES string of the molecule is COc1ccc(-c2cc(OC(C)C)ccn2)c(F)c1. The van der Waals surface area contributed by atoms with Crippen molar-refractivity contribution in [2.75, 3.05) is 7.11 Å². The molecule has 0 bridgehead atoms. The van der Waals surface area contributed by atoms with Crippen LogP contribution in [-0.4, -0.2) is 18.2 Å². The largest absolute Gasteiger partial charge is 0.497 e. The van der Waals surface area contributed by atoms with E-state index in [2.05, 4.69) is 4.98 Å². The molecule has 0 aliphatic heterocycles. The summed E-state index contributed by atoms with van der Waals surface area (Å²) in [5, 5.41) is 0. The molecule has 19 heavy (non-hydrogen) atoms. The minimum atomic E-state index is -0.367. The van der Waals surface area contributed by atoms with Crippen LogP contribution in [0.15, 0.2) is 36.5 Å². The Bertz CT molecular complexity index is 570. The van der Waals surface area contributed by atoms with E-state index < -0.39 is 0 Å². The smallest absolute Gasteiger partial charge is 0.136 e. The molecule has 0 radical (unpaired) electrons. The Balaban J connectivity index is 2.36. The third-order valence-electron chi connectivity index (χ3n) is 2.56. The molecule has 0 unspecified atom stereocenters. The van der Waals surface area contributed by atoms with Gasteiger partial charge < -0.3 is 9.47 Å². The van der Waals surface area contributed by atoms with Crippen molar-refractivity contribution in [3.63, 3.8) is 0 Å². The van der Waals surface area contributed by atoms with Gasteiger partial charge in [-0.2, -0.15) is 0 Å². The van der Waals surface area contributed by atoms with Crippen molar-refractivity contribution in [2.45, 2.75) is 20.0 Å². The summed E-state index contributed by atoms with van der Waals surface area (Å²) in [5.74, 6) is 0.791. The van der Waals surface area contributed by atoms with E-state index in [1.165, 1.54) is 13.2 Å². The highest BCUT2D eigenvalue weighted by Gasteiger charge is 2.09. The molecule has 1 aromatic carbocycles. The quantitative estimate of drug-likeness (QED) is 0.841. The molecule has 1 aromatic heterocycles. The van der Waals surface area contributed by atoms with Crippen LogP contribution in [0.25, 0.3) is 11.3 Å². The number of methoxy groups -OCH3 is 1. The van der Waals surface area contributed by atoms with Crippen molar-refractivity contribution < 1.29 is 13.9 Å². The predicted octanol–water partition coefficient (Wildman–Crippen LogP) is 3.68. The average molecular weight is 261 g/mol. The molecule has 3 nitrogen and oxygen atoms in total. The van der Waals surface area contributed by atoms with Crippen molar-refractivity contribution in [1.82, 2.24) is 4.98 Å². The number of pyridine rings is 1. The molecule has 0 saturated carbocycles. The number of benzene rings is 1. The fourth-order valence-corrected chi connectivity index (χ4v) is 1.73. The van der Waals surface area contributed by atoms with Crippen LogP contribution in [-0.2, 0) is 0 Å². The van der Waals surface area contributed by atoms with Gasteiger partial charge in [-0.05, 0) is 32.0 Å². The second-order valence-corrected chi connectivity index (χ2v) is 4.39. The van der Waals surface area contributed by atoms with E-state index in [1.54, 1.807) is 30.5 Å². The van der Waals surface area contributed by atoms with E-state index in [4.69, 9.17) is 9.47 Å². The highest BCUT2D eigenvalue weighted by molar-refractivity contribution is 5.62. The van der Waals surface area contributed by atoms with Gasteiger partial charge >= 0.3 is 0 Å². The Kier molecular flexibility index (Phi) is 4.00. The van der Waals surface area contributed by atoms with Gasteiger partial charge in [0.2, 0.25) is 0 Å². The maximum absolute atomic E-state index is 14.0. The summed E-state index contributed by atoms with van der Waals surface area (Å²) in [5.41, 5.74) is 0.966. The van der Waals surface area contributed by atoms with E-state index in [9.17, 15) is 4.39 Å². The van der Waals surface area contributed by atoms with Gasteiger partial charge in [-0.25, -0.2) is 4.39 Å². The zero-order valence-corrected chi connectivity index (χ0v) is 11.2. The molecule has 100 valence electrons. The molecule has 4 heteroatoms. The summed E-state index contributed by atoms with van der Waals surface area (Å²) < 4.78 is 24.5. The molecule has 0 atom stereocenters. The number of nitrogens with zero attached hydrogens (tertiary/aromatic N) is 1.